The lowest BCUT2D eigenvalue weighted by molar-refractivity contribution is -0.119. The molecule has 0 bridgehead atoms. The second kappa shape index (κ2) is 7.68. The van der Waals surface area contributed by atoms with Crippen LogP contribution in [0.5, 0.6) is 0 Å². The van der Waals surface area contributed by atoms with Gasteiger partial charge in [-0.15, -0.1) is 11.3 Å². The molecule has 3 nitrogen and oxygen atoms in total. The van der Waals surface area contributed by atoms with Crippen LogP contribution in [0.3, 0.4) is 0 Å². The van der Waals surface area contributed by atoms with Crippen LogP contribution >= 0.6 is 22.9 Å². The minimum absolute atomic E-state index is 0.356. The molecule has 0 spiro atoms. The Hall–Kier alpha value is -2.37. The number of rotatable bonds is 6. The molecule has 1 amide bonds. The molecule has 6 heteroatoms. The summed E-state index contributed by atoms with van der Waals surface area (Å²) < 4.78 is 13.3. The number of anilines is 1. The SMILES string of the molecule is NC(=O)C(c1ccc(F)cc1)C(Nc1ccc(Cl)cc1)c1cccs1. The lowest BCUT2D eigenvalue weighted by Gasteiger charge is -2.26. The average molecular weight is 375 g/mol. The number of primary amides is 1. The monoisotopic (exact) mass is 374 g/mol. The van der Waals surface area contributed by atoms with E-state index in [2.05, 4.69) is 5.32 Å². The number of amides is 1. The Bertz CT molecular complexity index is 835. The predicted octanol–water partition coefficient (Wildman–Crippen LogP) is 4.96. The zero-order chi connectivity index (χ0) is 17.8. The molecule has 0 fully saturated rings. The van der Waals surface area contributed by atoms with Gasteiger partial charge in [0, 0.05) is 15.6 Å². The van der Waals surface area contributed by atoms with Gasteiger partial charge in [-0.2, -0.15) is 0 Å². The second-order valence-corrected chi connectivity index (χ2v) is 6.99. The molecular formula is C19H16ClFN2OS. The van der Waals surface area contributed by atoms with E-state index in [1.807, 2.05) is 29.6 Å². The fraction of sp³-hybridized carbons (Fsp3) is 0.105. The maximum absolute atomic E-state index is 13.3. The maximum Gasteiger partial charge on any atom is 0.227 e. The molecule has 1 aromatic heterocycles. The summed E-state index contributed by atoms with van der Waals surface area (Å²) >= 11 is 7.46. The smallest absolute Gasteiger partial charge is 0.227 e. The van der Waals surface area contributed by atoms with Crippen molar-refractivity contribution in [2.24, 2.45) is 5.73 Å². The van der Waals surface area contributed by atoms with E-state index in [0.717, 1.165) is 10.6 Å². The van der Waals surface area contributed by atoms with Crippen molar-refractivity contribution < 1.29 is 9.18 Å². The molecule has 3 aromatic rings. The fourth-order valence-electron chi connectivity index (χ4n) is 2.70. The molecule has 2 aromatic carbocycles. The summed E-state index contributed by atoms with van der Waals surface area (Å²) in [7, 11) is 0. The highest BCUT2D eigenvalue weighted by Gasteiger charge is 2.30. The van der Waals surface area contributed by atoms with Crippen molar-refractivity contribution in [1.82, 2.24) is 0 Å². The van der Waals surface area contributed by atoms with Crippen molar-refractivity contribution >= 4 is 34.5 Å². The minimum atomic E-state index is -0.644. The molecule has 0 aliphatic carbocycles. The molecule has 25 heavy (non-hydrogen) atoms. The number of nitrogens with one attached hydrogen (secondary N) is 1. The number of carbonyl (C=O) groups is 1. The van der Waals surface area contributed by atoms with E-state index >= 15 is 0 Å². The maximum atomic E-state index is 13.3. The first-order valence-corrected chi connectivity index (χ1v) is 8.90. The molecule has 2 unspecified atom stereocenters. The summed E-state index contributed by atoms with van der Waals surface area (Å²) in [5, 5.41) is 5.93. The van der Waals surface area contributed by atoms with Crippen LogP contribution in [-0.4, -0.2) is 5.91 Å². The van der Waals surface area contributed by atoms with Crippen LogP contribution in [0, 0.1) is 5.82 Å². The van der Waals surface area contributed by atoms with Gasteiger partial charge in [-0.1, -0.05) is 29.8 Å². The zero-order valence-corrected chi connectivity index (χ0v) is 14.7. The first kappa shape index (κ1) is 17.5. The van der Waals surface area contributed by atoms with E-state index in [4.69, 9.17) is 17.3 Å². The molecule has 3 N–H and O–H groups in total. The van der Waals surface area contributed by atoms with Gasteiger partial charge < -0.3 is 11.1 Å². The van der Waals surface area contributed by atoms with Crippen molar-refractivity contribution in [3.8, 4) is 0 Å². The van der Waals surface area contributed by atoms with Gasteiger partial charge in [0.2, 0.25) is 5.91 Å². The molecule has 0 saturated carbocycles. The average Bonchev–Trinajstić information content (AvgIpc) is 3.12. The lowest BCUT2D eigenvalue weighted by Crippen LogP contribution is -2.30. The van der Waals surface area contributed by atoms with Crippen molar-refractivity contribution in [1.29, 1.82) is 0 Å². The molecule has 128 valence electrons. The van der Waals surface area contributed by atoms with Crippen molar-refractivity contribution in [3.63, 3.8) is 0 Å². The first-order chi connectivity index (χ1) is 12.0. The number of benzene rings is 2. The third kappa shape index (κ3) is 4.18. The van der Waals surface area contributed by atoms with Crippen molar-refractivity contribution in [2.75, 3.05) is 5.32 Å². The summed E-state index contributed by atoms with van der Waals surface area (Å²) in [5.74, 6) is -1.48. The van der Waals surface area contributed by atoms with Gasteiger partial charge >= 0.3 is 0 Å². The van der Waals surface area contributed by atoms with Crippen LogP contribution in [-0.2, 0) is 4.79 Å². The zero-order valence-electron chi connectivity index (χ0n) is 13.2. The third-order valence-corrected chi connectivity index (χ3v) is 5.09. The van der Waals surface area contributed by atoms with Crippen LogP contribution in [0.1, 0.15) is 22.4 Å². The number of nitrogens with two attached hydrogens (primary N) is 1. The van der Waals surface area contributed by atoms with Crippen LogP contribution in [0.4, 0.5) is 10.1 Å². The van der Waals surface area contributed by atoms with E-state index in [9.17, 15) is 9.18 Å². The Labute approximate surface area is 154 Å². The summed E-state index contributed by atoms with van der Waals surface area (Å²) in [6.07, 6.45) is 0. The Morgan fingerprint density at radius 2 is 1.76 bits per heavy atom. The number of carbonyl (C=O) groups excluding carboxylic acids is 1. The Morgan fingerprint density at radius 3 is 2.32 bits per heavy atom. The first-order valence-electron chi connectivity index (χ1n) is 7.65. The second-order valence-electron chi connectivity index (χ2n) is 5.58. The molecule has 3 rings (SSSR count). The third-order valence-electron chi connectivity index (χ3n) is 3.89. The lowest BCUT2D eigenvalue weighted by atomic mass is 9.89. The minimum Gasteiger partial charge on any atom is -0.376 e. The highest BCUT2D eigenvalue weighted by atomic mass is 35.5. The van der Waals surface area contributed by atoms with Gasteiger partial charge in [0.1, 0.15) is 5.82 Å². The molecule has 0 aliphatic rings. The Balaban J connectivity index is 2.00. The van der Waals surface area contributed by atoms with Crippen molar-refractivity contribution in [3.05, 3.63) is 87.3 Å². The van der Waals surface area contributed by atoms with Gasteiger partial charge in [-0.3, -0.25) is 4.79 Å². The Kier molecular flexibility index (Phi) is 5.36. The van der Waals surface area contributed by atoms with Crippen molar-refractivity contribution in [2.45, 2.75) is 12.0 Å². The fourth-order valence-corrected chi connectivity index (χ4v) is 3.64. The molecule has 0 saturated heterocycles. The highest BCUT2D eigenvalue weighted by molar-refractivity contribution is 7.10. The summed E-state index contributed by atoms with van der Waals surface area (Å²) in [4.78, 5) is 13.2. The topological polar surface area (TPSA) is 55.1 Å². The van der Waals surface area contributed by atoms with Crippen LogP contribution < -0.4 is 11.1 Å². The number of hydrogen-bond acceptors (Lipinski definition) is 3. The number of hydrogen-bond donors (Lipinski definition) is 2. The number of thiophene rings is 1. The van der Waals surface area contributed by atoms with Crippen LogP contribution in [0.25, 0.3) is 0 Å². The normalized spacial score (nSPS) is 13.2. The standard InChI is InChI=1S/C19H16ClFN2OS/c20-13-5-9-15(10-6-13)23-18(16-2-1-11-25-16)17(19(22)24)12-3-7-14(21)8-4-12/h1-11,17-18,23H,(H2,22,24). The molecule has 0 aliphatic heterocycles. The highest BCUT2D eigenvalue weighted by Crippen LogP contribution is 2.36. The summed E-state index contributed by atoms with van der Waals surface area (Å²) in [6, 6.07) is 16.6. The van der Waals surface area contributed by atoms with E-state index in [1.165, 1.54) is 23.5 Å². The molecule has 2 atom stereocenters. The number of halogens is 2. The van der Waals surface area contributed by atoms with Gasteiger partial charge in [-0.05, 0) is 53.4 Å². The molecule has 1 heterocycles. The van der Waals surface area contributed by atoms with E-state index in [1.54, 1.807) is 24.3 Å². The quantitative estimate of drug-likeness (QED) is 0.640. The van der Waals surface area contributed by atoms with E-state index in [-0.39, 0.29) is 11.9 Å². The van der Waals surface area contributed by atoms with Gasteiger partial charge in [0.25, 0.3) is 0 Å². The molecular weight excluding hydrogens is 359 g/mol. The van der Waals surface area contributed by atoms with Gasteiger partial charge in [-0.25, -0.2) is 4.39 Å². The predicted molar refractivity (Wildman–Crippen MR) is 100 cm³/mol. The summed E-state index contributed by atoms with van der Waals surface area (Å²) in [6.45, 7) is 0. The largest absolute Gasteiger partial charge is 0.376 e. The van der Waals surface area contributed by atoms with Crippen LogP contribution in [0.15, 0.2) is 66.0 Å². The van der Waals surface area contributed by atoms with E-state index < -0.39 is 11.8 Å². The molecule has 0 radical (unpaired) electrons. The van der Waals surface area contributed by atoms with Crippen LogP contribution in [0.2, 0.25) is 5.02 Å². The van der Waals surface area contributed by atoms with E-state index in [0.29, 0.717) is 10.6 Å². The summed E-state index contributed by atoms with van der Waals surface area (Å²) in [5.41, 5.74) is 7.18. The Morgan fingerprint density at radius 1 is 1.08 bits per heavy atom. The van der Waals surface area contributed by atoms with Gasteiger partial charge in [0.15, 0.2) is 0 Å². The van der Waals surface area contributed by atoms with Gasteiger partial charge in [0.05, 0.1) is 12.0 Å².